The molecule has 1 aliphatic rings. The zero-order chi connectivity index (χ0) is 24.4. The summed E-state index contributed by atoms with van der Waals surface area (Å²) in [6.45, 7) is 2.19. The third-order valence-corrected chi connectivity index (χ3v) is 6.47. The molecule has 0 radical (unpaired) electrons. The minimum Gasteiger partial charge on any atom is -0.478 e. The number of ketones is 2. The lowest BCUT2D eigenvalue weighted by molar-refractivity contribution is 0.0698. The van der Waals surface area contributed by atoms with Crippen molar-refractivity contribution < 1.29 is 19.5 Å². The van der Waals surface area contributed by atoms with Crippen molar-refractivity contribution in [3.63, 3.8) is 0 Å². The van der Waals surface area contributed by atoms with Gasteiger partial charge in [-0.3, -0.25) is 9.59 Å². The van der Waals surface area contributed by atoms with Crippen molar-refractivity contribution >= 4 is 28.9 Å². The number of anilines is 2. The Morgan fingerprint density at radius 3 is 1.88 bits per heavy atom. The molecule has 6 heteroatoms. The molecule has 3 aromatic rings. The molecular formula is C28H28N2O4. The first-order chi connectivity index (χ1) is 16.4. The van der Waals surface area contributed by atoms with Gasteiger partial charge in [-0.2, -0.15) is 0 Å². The Morgan fingerprint density at radius 1 is 0.765 bits per heavy atom. The van der Waals surface area contributed by atoms with Crippen LogP contribution in [0, 0.1) is 0 Å². The number of carbonyl (C=O) groups is 3. The van der Waals surface area contributed by atoms with Crippen molar-refractivity contribution in [3.8, 4) is 11.1 Å². The van der Waals surface area contributed by atoms with Crippen molar-refractivity contribution in [3.05, 3.63) is 81.9 Å². The summed E-state index contributed by atoms with van der Waals surface area (Å²) in [6, 6.07) is 13.9. The summed E-state index contributed by atoms with van der Waals surface area (Å²) in [5.74, 6) is -2.24. The van der Waals surface area contributed by atoms with Gasteiger partial charge in [0.2, 0.25) is 0 Å². The number of unbranched alkanes of at least 4 members (excludes halogenated alkanes) is 4. The Kier molecular flexibility index (Phi) is 6.50. The van der Waals surface area contributed by atoms with Crippen molar-refractivity contribution in [2.24, 2.45) is 0 Å². The van der Waals surface area contributed by atoms with Gasteiger partial charge in [0.25, 0.3) is 0 Å². The summed E-state index contributed by atoms with van der Waals surface area (Å²) in [5.41, 5.74) is 14.3. The van der Waals surface area contributed by atoms with Crippen LogP contribution in [0.25, 0.3) is 11.1 Å². The van der Waals surface area contributed by atoms with E-state index in [1.54, 1.807) is 30.3 Å². The molecule has 1 aliphatic carbocycles. The minimum atomic E-state index is -1.30. The van der Waals surface area contributed by atoms with Crippen molar-refractivity contribution in [1.29, 1.82) is 0 Å². The summed E-state index contributed by atoms with van der Waals surface area (Å²) >= 11 is 0. The minimum absolute atomic E-state index is 0.0267. The van der Waals surface area contributed by atoms with Crippen LogP contribution >= 0.6 is 0 Å². The fourth-order valence-corrected chi connectivity index (χ4v) is 4.70. The molecular weight excluding hydrogens is 428 g/mol. The van der Waals surface area contributed by atoms with E-state index in [1.807, 2.05) is 12.1 Å². The van der Waals surface area contributed by atoms with Gasteiger partial charge in [-0.05, 0) is 24.0 Å². The molecule has 0 bridgehead atoms. The van der Waals surface area contributed by atoms with Crippen molar-refractivity contribution in [1.82, 2.24) is 0 Å². The maximum absolute atomic E-state index is 13.3. The highest BCUT2D eigenvalue weighted by Crippen LogP contribution is 2.43. The maximum atomic E-state index is 13.3. The summed E-state index contributed by atoms with van der Waals surface area (Å²) in [6.07, 6.45) is 6.85. The fourth-order valence-electron chi connectivity index (χ4n) is 4.70. The molecule has 0 atom stereocenters. The molecule has 0 heterocycles. The van der Waals surface area contributed by atoms with Gasteiger partial charge in [-0.1, -0.05) is 81.1 Å². The number of hydrogen-bond acceptors (Lipinski definition) is 5. The number of nitrogen functional groups attached to an aromatic ring is 2. The number of carboxylic acids is 1. The smallest absolute Gasteiger partial charge is 0.338 e. The van der Waals surface area contributed by atoms with E-state index >= 15 is 0 Å². The quantitative estimate of drug-likeness (QED) is 0.237. The average molecular weight is 457 g/mol. The fraction of sp³-hybridized carbons (Fsp3) is 0.250. The van der Waals surface area contributed by atoms with E-state index in [1.165, 1.54) is 31.7 Å². The highest BCUT2D eigenvalue weighted by Gasteiger charge is 2.37. The van der Waals surface area contributed by atoms with Crippen LogP contribution < -0.4 is 11.5 Å². The molecule has 0 fully saturated rings. The first kappa shape index (κ1) is 23.2. The van der Waals surface area contributed by atoms with E-state index < -0.39 is 17.5 Å². The second kappa shape index (κ2) is 9.51. The largest absolute Gasteiger partial charge is 0.478 e. The van der Waals surface area contributed by atoms with Crippen LogP contribution in [0.2, 0.25) is 0 Å². The zero-order valence-corrected chi connectivity index (χ0v) is 19.2. The van der Waals surface area contributed by atoms with Gasteiger partial charge >= 0.3 is 5.97 Å². The summed E-state index contributed by atoms with van der Waals surface area (Å²) in [4.78, 5) is 38.7. The van der Waals surface area contributed by atoms with Crippen molar-refractivity contribution in [2.75, 3.05) is 11.5 Å². The molecule has 0 aromatic heterocycles. The van der Waals surface area contributed by atoms with Crippen LogP contribution in [0.5, 0.6) is 0 Å². The highest BCUT2D eigenvalue weighted by atomic mass is 16.4. The number of benzene rings is 3. The molecule has 0 amide bonds. The monoisotopic (exact) mass is 456 g/mol. The molecule has 4 rings (SSSR count). The highest BCUT2D eigenvalue weighted by molar-refractivity contribution is 6.34. The van der Waals surface area contributed by atoms with Crippen LogP contribution in [0.3, 0.4) is 0 Å². The van der Waals surface area contributed by atoms with Gasteiger partial charge < -0.3 is 16.6 Å². The Labute approximate surface area is 198 Å². The second-order valence-electron chi connectivity index (χ2n) is 8.70. The lowest BCUT2D eigenvalue weighted by Gasteiger charge is -2.24. The van der Waals surface area contributed by atoms with E-state index in [4.69, 9.17) is 11.5 Å². The lowest BCUT2D eigenvalue weighted by atomic mass is 9.78. The van der Waals surface area contributed by atoms with Crippen LogP contribution in [0.1, 0.15) is 86.8 Å². The molecule has 3 aromatic carbocycles. The Balaban J connectivity index is 1.79. The average Bonchev–Trinajstić information content (AvgIpc) is 2.83. The molecule has 0 unspecified atom stereocenters. The summed E-state index contributed by atoms with van der Waals surface area (Å²) in [7, 11) is 0. The third-order valence-electron chi connectivity index (χ3n) is 6.47. The number of carbonyl (C=O) groups excluding carboxylic acids is 2. The van der Waals surface area contributed by atoms with Gasteiger partial charge in [-0.15, -0.1) is 0 Å². The number of rotatable bonds is 8. The molecule has 5 N–H and O–H groups in total. The van der Waals surface area contributed by atoms with E-state index in [0.717, 1.165) is 18.4 Å². The Bertz CT molecular complexity index is 1290. The molecule has 0 aliphatic heterocycles. The Hall–Kier alpha value is -3.93. The normalized spacial score (nSPS) is 12.4. The van der Waals surface area contributed by atoms with Crippen LogP contribution in [0.4, 0.5) is 11.4 Å². The molecule has 174 valence electrons. The van der Waals surface area contributed by atoms with E-state index in [0.29, 0.717) is 5.56 Å². The van der Waals surface area contributed by atoms with E-state index in [-0.39, 0.29) is 44.8 Å². The van der Waals surface area contributed by atoms with E-state index in [9.17, 15) is 19.5 Å². The van der Waals surface area contributed by atoms with Gasteiger partial charge in [0, 0.05) is 16.7 Å². The van der Waals surface area contributed by atoms with Crippen LogP contribution in [0.15, 0.2) is 48.5 Å². The molecule has 0 saturated carbocycles. The predicted molar refractivity (Wildman–Crippen MR) is 133 cm³/mol. The standard InChI is InChI=1S/C28H28N2O4/c1-2-3-4-5-6-9-16-12-14-17(15-13-16)20-23(28(33)34)25(30)22-21(24(20)29)26(31)18-10-7-8-11-19(18)27(22)32/h7-8,10-15H,2-6,9,29-30H2,1H3,(H,33,34). The second-order valence-corrected chi connectivity index (χ2v) is 8.70. The van der Waals surface area contributed by atoms with Crippen LogP contribution in [-0.2, 0) is 6.42 Å². The van der Waals surface area contributed by atoms with Gasteiger partial charge in [-0.25, -0.2) is 4.79 Å². The Morgan fingerprint density at radius 2 is 1.32 bits per heavy atom. The topological polar surface area (TPSA) is 123 Å². The third kappa shape index (κ3) is 3.96. The number of hydrogen-bond donors (Lipinski definition) is 3. The number of aromatic carboxylic acids is 1. The predicted octanol–water partition coefficient (Wildman–Crippen LogP) is 5.50. The van der Waals surface area contributed by atoms with Crippen molar-refractivity contribution in [2.45, 2.75) is 45.4 Å². The summed E-state index contributed by atoms with van der Waals surface area (Å²) in [5, 5.41) is 9.99. The van der Waals surface area contributed by atoms with Crippen LogP contribution in [-0.4, -0.2) is 22.6 Å². The molecule has 34 heavy (non-hydrogen) atoms. The van der Waals surface area contributed by atoms with E-state index in [2.05, 4.69) is 6.92 Å². The molecule has 0 saturated heterocycles. The molecule has 0 spiro atoms. The first-order valence-corrected chi connectivity index (χ1v) is 11.6. The van der Waals surface area contributed by atoms with Gasteiger partial charge in [0.1, 0.15) is 0 Å². The van der Waals surface area contributed by atoms with Gasteiger partial charge in [0.15, 0.2) is 11.6 Å². The first-order valence-electron chi connectivity index (χ1n) is 11.6. The lowest BCUT2D eigenvalue weighted by Crippen LogP contribution is -2.26. The zero-order valence-electron chi connectivity index (χ0n) is 19.2. The number of carboxylic acid groups (broad SMARTS) is 1. The number of fused-ring (bicyclic) bond motifs is 2. The number of aryl methyl sites for hydroxylation is 1. The number of nitrogens with two attached hydrogens (primary N) is 2. The summed E-state index contributed by atoms with van der Waals surface area (Å²) < 4.78 is 0. The molecule has 6 nitrogen and oxygen atoms in total. The maximum Gasteiger partial charge on any atom is 0.338 e. The van der Waals surface area contributed by atoms with Gasteiger partial charge in [0.05, 0.1) is 28.1 Å². The SMILES string of the molecule is CCCCCCCc1ccc(-c2c(N)c3c(c(N)c2C(=O)O)C(=O)c2ccccc2C3=O)cc1.